The number of hydrogen-bond acceptors (Lipinski definition) is 4. The van der Waals surface area contributed by atoms with Crippen LogP contribution in [0, 0.1) is 0 Å². The van der Waals surface area contributed by atoms with Gasteiger partial charge in [-0.25, -0.2) is 0 Å². The molecule has 1 aliphatic rings. The monoisotopic (exact) mass is 353 g/mol. The van der Waals surface area contributed by atoms with Crippen molar-refractivity contribution in [3.8, 4) is 0 Å². The molecular weight excluding hydrogens is 338 g/mol. The van der Waals surface area contributed by atoms with Crippen LogP contribution in [0.5, 0.6) is 0 Å². The number of carbonyl (C=O) groups is 2. The summed E-state index contributed by atoms with van der Waals surface area (Å²) in [6.45, 7) is 0.388. The molecule has 0 aliphatic carbocycles. The molecule has 0 saturated carbocycles. The molecule has 1 aliphatic heterocycles. The Hall–Kier alpha value is -3.00. The van der Waals surface area contributed by atoms with E-state index in [0.29, 0.717) is 23.5 Å². The van der Waals surface area contributed by atoms with Gasteiger partial charge in [-0.1, -0.05) is 0 Å². The lowest BCUT2D eigenvalue weighted by Gasteiger charge is -2.10. The van der Waals surface area contributed by atoms with Crippen LogP contribution in [0.2, 0.25) is 0 Å². The number of anilines is 1. The fraction of sp³-hybridized carbons (Fsp3) is 0.118. The molecule has 0 unspecified atom stereocenters. The molecule has 3 aromatic rings. The van der Waals surface area contributed by atoms with Gasteiger partial charge >= 0.3 is 0 Å². The first kappa shape index (κ1) is 15.5. The summed E-state index contributed by atoms with van der Waals surface area (Å²) in [5, 5.41) is 9.80. The second-order valence-electron chi connectivity index (χ2n) is 5.60. The molecule has 4 rings (SSSR count). The number of hydrogen-bond donors (Lipinski definition) is 2. The zero-order chi connectivity index (χ0) is 17.4. The van der Waals surface area contributed by atoms with Crippen LogP contribution < -0.4 is 10.6 Å². The van der Waals surface area contributed by atoms with E-state index in [-0.39, 0.29) is 11.8 Å². The highest BCUT2D eigenvalue weighted by Crippen LogP contribution is 2.33. The first-order valence-corrected chi connectivity index (χ1v) is 8.45. The molecule has 0 saturated heterocycles. The van der Waals surface area contributed by atoms with Gasteiger partial charge in [0.05, 0.1) is 22.8 Å². The number of fused-ring (bicyclic) bond motifs is 2. The molecule has 7 nitrogen and oxygen atoms in total. The minimum atomic E-state index is -0.202. The molecule has 8 heteroatoms. The van der Waals surface area contributed by atoms with Gasteiger partial charge < -0.3 is 10.6 Å². The normalized spacial score (nSPS) is 12.8. The van der Waals surface area contributed by atoms with Gasteiger partial charge in [0.2, 0.25) is 0 Å². The second kappa shape index (κ2) is 6.14. The van der Waals surface area contributed by atoms with Gasteiger partial charge in [-0.3, -0.25) is 18.2 Å². The smallest absolute Gasteiger partial charge is 0.273 e. The van der Waals surface area contributed by atoms with E-state index >= 15 is 0 Å². The van der Waals surface area contributed by atoms with Crippen LogP contribution in [0.4, 0.5) is 5.69 Å². The molecule has 0 spiro atoms. The van der Waals surface area contributed by atoms with Crippen LogP contribution in [0.1, 0.15) is 26.5 Å². The Kier molecular flexibility index (Phi) is 3.81. The quantitative estimate of drug-likeness (QED) is 0.757. The van der Waals surface area contributed by atoms with Crippen molar-refractivity contribution >= 4 is 29.4 Å². The summed E-state index contributed by atoms with van der Waals surface area (Å²) in [5.41, 5.74) is 2.61. The second-order valence-corrected chi connectivity index (χ2v) is 6.62. The SMILES string of the molecule is Cn1nccc1CNC(=O)c1ccc2c(c1)NC(=O)c1cccn1S2. The molecule has 0 radical (unpaired) electrons. The van der Waals surface area contributed by atoms with Crippen molar-refractivity contribution in [2.45, 2.75) is 11.4 Å². The standard InChI is InChI=1S/C17H15N5O2S/c1-21-12(6-7-19-21)10-18-16(23)11-4-5-15-13(9-11)20-17(24)14-3-2-8-22(14)25-15/h2-9H,10H2,1H3,(H,18,23)(H,20,24). The maximum atomic E-state index is 12.4. The predicted octanol–water partition coefficient (Wildman–Crippen LogP) is 2.27. The number of nitrogens with zero attached hydrogens (tertiary/aromatic N) is 3. The summed E-state index contributed by atoms with van der Waals surface area (Å²) in [7, 11) is 1.83. The van der Waals surface area contributed by atoms with Gasteiger partial charge in [-0.05, 0) is 48.3 Å². The minimum absolute atomic E-state index is 0.191. The fourth-order valence-electron chi connectivity index (χ4n) is 2.61. The Morgan fingerprint density at radius 1 is 1.32 bits per heavy atom. The third-order valence-electron chi connectivity index (χ3n) is 3.98. The lowest BCUT2D eigenvalue weighted by Crippen LogP contribution is -2.24. The molecule has 126 valence electrons. The summed E-state index contributed by atoms with van der Waals surface area (Å²) < 4.78 is 3.52. The number of aryl methyl sites for hydroxylation is 1. The van der Waals surface area contributed by atoms with Gasteiger partial charge in [0.1, 0.15) is 5.69 Å². The van der Waals surface area contributed by atoms with Crippen molar-refractivity contribution in [1.82, 2.24) is 19.1 Å². The Balaban J connectivity index is 1.54. The Morgan fingerprint density at radius 3 is 3.00 bits per heavy atom. The van der Waals surface area contributed by atoms with Gasteiger partial charge in [0, 0.05) is 25.0 Å². The Labute approximate surface area is 148 Å². The van der Waals surface area contributed by atoms with Gasteiger partial charge in [-0.15, -0.1) is 0 Å². The van der Waals surface area contributed by atoms with E-state index in [4.69, 9.17) is 0 Å². The minimum Gasteiger partial charge on any atom is -0.346 e. The molecule has 2 aromatic heterocycles. The Bertz CT molecular complexity index is 975. The molecule has 0 bridgehead atoms. The largest absolute Gasteiger partial charge is 0.346 e. The lowest BCUT2D eigenvalue weighted by molar-refractivity contribution is 0.0948. The molecular formula is C17H15N5O2S. The molecule has 1 aromatic carbocycles. The summed E-state index contributed by atoms with van der Waals surface area (Å²) in [4.78, 5) is 25.6. The van der Waals surface area contributed by atoms with Crippen molar-refractivity contribution < 1.29 is 9.59 Å². The molecule has 2 amide bonds. The van der Waals surface area contributed by atoms with Gasteiger partial charge in [-0.2, -0.15) is 5.10 Å². The number of benzene rings is 1. The van der Waals surface area contributed by atoms with E-state index in [2.05, 4.69) is 15.7 Å². The molecule has 3 heterocycles. The molecule has 0 atom stereocenters. The zero-order valence-electron chi connectivity index (χ0n) is 13.4. The fourth-order valence-corrected chi connectivity index (χ4v) is 3.53. The summed E-state index contributed by atoms with van der Waals surface area (Å²) in [6.07, 6.45) is 3.52. The highest BCUT2D eigenvalue weighted by molar-refractivity contribution is 7.98. The summed E-state index contributed by atoms with van der Waals surface area (Å²) >= 11 is 1.44. The van der Waals surface area contributed by atoms with Gasteiger partial charge in [0.25, 0.3) is 11.8 Å². The summed E-state index contributed by atoms with van der Waals surface area (Å²) in [5.74, 6) is -0.393. The predicted molar refractivity (Wildman–Crippen MR) is 94.5 cm³/mol. The number of aromatic nitrogens is 3. The number of nitrogens with one attached hydrogen (secondary N) is 2. The van der Waals surface area contributed by atoms with Crippen molar-refractivity contribution in [3.63, 3.8) is 0 Å². The van der Waals surface area contributed by atoms with Crippen LogP contribution >= 0.6 is 11.9 Å². The maximum absolute atomic E-state index is 12.4. The van der Waals surface area contributed by atoms with Crippen LogP contribution in [0.15, 0.2) is 53.7 Å². The average molecular weight is 353 g/mol. The number of rotatable bonds is 3. The van der Waals surface area contributed by atoms with Gasteiger partial charge in [0.15, 0.2) is 0 Å². The summed E-state index contributed by atoms with van der Waals surface area (Å²) in [6, 6.07) is 10.7. The first-order valence-electron chi connectivity index (χ1n) is 7.68. The highest BCUT2D eigenvalue weighted by Gasteiger charge is 2.20. The molecule has 25 heavy (non-hydrogen) atoms. The van der Waals surface area contributed by atoms with Crippen LogP contribution in [0.25, 0.3) is 0 Å². The molecule has 0 fully saturated rings. The van der Waals surface area contributed by atoms with Crippen LogP contribution in [-0.2, 0) is 13.6 Å². The third-order valence-corrected chi connectivity index (χ3v) is 5.05. The highest BCUT2D eigenvalue weighted by atomic mass is 32.2. The Morgan fingerprint density at radius 2 is 2.20 bits per heavy atom. The third kappa shape index (κ3) is 2.91. The van der Waals surface area contributed by atoms with Crippen molar-refractivity contribution in [3.05, 3.63) is 65.7 Å². The van der Waals surface area contributed by atoms with Crippen molar-refractivity contribution in [2.24, 2.45) is 7.05 Å². The first-order chi connectivity index (χ1) is 12.1. The molecule has 2 N–H and O–H groups in total. The maximum Gasteiger partial charge on any atom is 0.273 e. The van der Waals surface area contributed by atoms with E-state index in [1.807, 2.05) is 35.4 Å². The lowest BCUT2D eigenvalue weighted by atomic mass is 10.2. The van der Waals surface area contributed by atoms with Crippen LogP contribution in [-0.4, -0.2) is 25.6 Å². The van der Waals surface area contributed by atoms with Crippen molar-refractivity contribution in [1.29, 1.82) is 0 Å². The van der Waals surface area contributed by atoms with E-state index in [1.54, 1.807) is 29.1 Å². The zero-order valence-corrected chi connectivity index (χ0v) is 14.2. The van der Waals surface area contributed by atoms with E-state index in [1.165, 1.54) is 11.9 Å². The van der Waals surface area contributed by atoms with Crippen LogP contribution in [0.3, 0.4) is 0 Å². The van der Waals surface area contributed by atoms with E-state index in [9.17, 15) is 9.59 Å². The number of amides is 2. The average Bonchev–Trinajstić information content (AvgIpc) is 3.20. The van der Waals surface area contributed by atoms with E-state index in [0.717, 1.165) is 10.6 Å². The van der Waals surface area contributed by atoms with E-state index < -0.39 is 0 Å². The topological polar surface area (TPSA) is 81.0 Å². The van der Waals surface area contributed by atoms with Crippen molar-refractivity contribution in [2.75, 3.05) is 5.32 Å². The number of carbonyl (C=O) groups excluding carboxylic acids is 2.